The van der Waals surface area contributed by atoms with Gasteiger partial charge in [-0.05, 0) is 25.7 Å². The van der Waals surface area contributed by atoms with Crippen molar-refractivity contribution < 1.29 is 9.84 Å². The largest absolute Gasteiger partial charge is 0.390 e. The van der Waals surface area contributed by atoms with E-state index < -0.39 is 0 Å². The van der Waals surface area contributed by atoms with Gasteiger partial charge in [0, 0.05) is 0 Å². The summed E-state index contributed by atoms with van der Waals surface area (Å²) in [4.78, 5) is 0. The lowest BCUT2D eigenvalue weighted by molar-refractivity contribution is -0.124. The van der Waals surface area contributed by atoms with Crippen molar-refractivity contribution in [3.8, 4) is 0 Å². The van der Waals surface area contributed by atoms with Crippen molar-refractivity contribution in [1.82, 2.24) is 0 Å². The van der Waals surface area contributed by atoms with Crippen molar-refractivity contribution in [1.29, 1.82) is 0 Å². The molecular formula is C9H16O2. The van der Waals surface area contributed by atoms with Crippen LogP contribution < -0.4 is 0 Å². The Balaban J connectivity index is 1.72. The summed E-state index contributed by atoms with van der Waals surface area (Å²) in [5.41, 5.74) is 0. The number of aliphatic hydroxyl groups is 1. The fourth-order valence-electron chi connectivity index (χ4n) is 1.88. The number of ether oxygens (including phenoxy) is 1. The van der Waals surface area contributed by atoms with E-state index in [9.17, 15) is 5.11 Å². The summed E-state index contributed by atoms with van der Waals surface area (Å²) in [6, 6.07) is 0. The molecule has 2 saturated carbocycles. The average molecular weight is 156 g/mol. The molecule has 2 heteroatoms. The Kier molecular flexibility index (Phi) is 2.14. The van der Waals surface area contributed by atoms with Crippen LogP contribution in [0.2, 0.25) is 0 Å². The minimum Gasteiger partial charge on any atom is -0.390 e. The molecule has 2 aliphatic rings. The fourth-order valence-corrected chi connectivity index (χ4v) is 1.88. The highest BCUT2D eigenvalue weighted by molar-refractivity contribution is 4.82. The van der Waals surface area contributed by atoms with Crippen LogP contribution in [0.25, 0.3) is 0 Å². The second kappa shape index (κ2) is 3.11. The predicted molar refractivity (Wildman–Crippen MR) is 42.4 cm³/mol. The van der Waals surface area contributed by atoms with Gasteiger partial charge in [0.15, 0.2) is 0 Å². The van der Waals surface area contributed by atoms with Gasteiger partial charge < -0.3 is 9.84 Å². The molecule has 0 radical (unpaired) electrons. The Hall–Kier alpha value is -0.0800. The van der Waals surface area contributed by atoms with Crippen LogP contribution in [0, 0.1) is 0 Å². The standard InChI is InChI=1S/C9H16O2/c10-8-5-6-9(8)11-7-3-1-2-4-7/h7-10H,1-6H2/t8-,9-/m1/s1. The molecule has 2 fully saturated rings. The first-order valence-electron chi connectivity index (χ1n) is 4.70. The molecule has 2 atom stereocenters. The number of hydrogen-bond acceptors (Lipinski definition) is 2. The molecule has 0 bridgehead atoms. The monoisotopic (exact) mass is 156 g/mol. The normalized spacial score (nSPS) is 39.0. The van der Waals surface area contributed by atoms with Gasteiger partial charge >= 0.3 is 0 Å². The van der Waals surface area contributed by atoms with Gasteiger partial charge in [-0.2, -0.15) is 0 Å². The zero-order chi connectivity index (χ0) is 7.68. The molecule has 11 heavy (non-hydrogen) atoms. The van der Waals surface area contributed by atoms with Crippen LogP contribution in [0.5, 0.6) is 0 Å². The molecule has 0 unspecified atom stereocenters. The minimum absolute atomic E-state index is 0.157. The average Bonchev–Trinajstić information content (AvgIpc) is 2.49. The molecule has 0 saturated heterocycles. The maximum Gasteiger partial charge on any atom is 0.0838 e. The Morgan fingerprint density at radius 2 is 1.73 bits per heavy atom. The van der Waals surface area contributed by atoms with Crippen LogP contribution in [-0.4, -0.2) is 23.4 Å². The molecule has 64 valence electrons. The molecule has 0 heterocycles. The molecule has 0 aliphatic heterocycles. The summed E-state index contributed by atoms with van der Waals surface area (Å²) < 4.78 is 5.71. The van der Waals surface area contributed by atoms with Crippen molar-refractivity contribution in [2.45, 2.75) is 56.8 Å². The van der Waals surface area contributed by atoms with Crippen molar-refractivity contribution in [2.24, 2.45) is 0 Å². The van der Waals surface area contributed by atoms with Crippen LogP contribution in [0.4, 0.5) is 0 Å². The SMILES string of the molecule is O[C@@H]1CC[C@H]1OC1CCCC1. The van der Waals surface area contributed by atoms with Gasteiger partial charge in [-0.1, -0.05) is 12.8 Å². The second-order valence-electron chi connectivity index (χ2n) is 3.73. The zero-order valence-electron chi connectivity index (χ0n) is 6.83. The minimum atomic E-state index is -0.157. The topological polar surface area (TPSA) is 29.5 Å². The number of hydrogen-bond donors (Lipinski definition) is 1. The summed E-state index contributed by atoms with van der Waals surface area (Å²) >= 11 is 0. The fraction of sp³-hybridized carbons (Fsp3) is 1.00. The molecule has 2 rings (SSSR count). The lowest BCUT2D eigenvalue weighted by Gasteiger charge is -2.34. The molecule has 1 N–H and O–H groups in total. The highest BCUT2D eigenvalue weighted by atomic mass is 16.5. The predicted octanol–water partition coefficient (Wildman–Crippen LogP) is 1.47. The Morgan fingerprint density at radius 1 is 1.00 bits per heavy atom. The van der Waals surface area contributed by atoms with E-state index in [0.29, 0.717) is 6.10 Å². The lowest BCUT2D eigenvalue weighted by atomic mass is 9.92. The first-order chi connectivity index (χ1) is 5.36. The van der Waals surface area contributed by atoms with E-state index in [0.717, 1.165) is 12.8 Å². The molecule has 2 aliphatic carbocycles. The molecule has 0 aromatic heterocycles. The Morgan fingerprint density at radius 3 is 2.18 bits per heavy atom. The third-order valence-electron chi connectivity index (χ3n) is 2.85. The zero-order valence-corrected chi connectivity index (χ0v) is 6.83. The molecular weight excluding hydrogens is 140 g/mol. The van der Waals surface area contributed by atoms with Crippen LogP contribution in [0.3, 0.4) is 0 Å². The maximum atomic E-state index is 9.24. The number of rotatable bonds is 2. The van der Waals surface area contributed by atoms with Crippen molar-refractivity contribution in [2.75, 3.05) is 0 Å². The molecule has 0 aromatic carbocycles. The first kappa shape index (κ1) is 7.56. The molecule has 0 amide bonds. The van der Waals surface area contributed by atoms with Gasteiger partial charge in [0.05, 0.1) is 18.3 Å². The van der Waals surface area contributed by atoms with Crippen LogP contribution >= 0.6 is 0 Å². The number of aliphatic hydroxyl groups excluding tert-OH is 1. The van der Waals surface area contributed by atoms with Crippen LogP contribution in [0.1, 0.15) is 38.5 Å². The summed E-state index contributed by atoms with van der Waals surface area (Å²) in [6.45, 7) is 0. The van der Waals surface area contributed by atoms with Gasteiger partial charge in [0.25, 0.3) is 0 Å². The summed E-state index contributed by atoms with van der Waals surface area (Å²) in [5.74, 6) is 0. The smallest absolute Gasteiger partial charge is 0.0838 e. The third-order valence-corrected chi connectivity index (χ3v) is 2.85. The van der Waals surface area contributed by atoms with Crippen molar-refractivity contribution in [3.63, 3.8) is 0 Å². The quantitative estimate of drug-likeness (QED) is 0.656. The maximum absolute atomic E-state index is 9.24. The van der Waals surface area contributed by atoms with E-state index in [1.54, 1.807) is 0 Å². The lowest BCUT2D eigenvalue weighted by Crippen LogP contribution is -2.40. The molecule has 0 spiro atoms. The van der Waals surface area contributed by atoms with Crippen LogP contribution in [0.15, 0.2) is 0 Å². The summed E-state index contributed by atoms with van der Waals surface area (Å²) in [5, 5.41) is 9.24. The van der Waals surface area contributed by atoms with Crippen molar-refractivity contribution >= 4 is 0 Å². The van der Waals surface area contributed by atoms with E-state index in [-0.39, 0.29) is 12.2 Å². The van der Waals surface area contributed by atoms with E-state index >= 15 is 0 Å². The molecule has 0 aromatic rings. The van der Waals surface area contributed by atoms with Gasteiger partial charge in [-0.15, -0.1) is 0 Å². The Bertz CT molecular complexity index is 130. The highest BCUT2D eigenvalue weighted by Gasteiger charge is 2.32. The van der Waals surface area contributed by atoms with Gasteiger partial charge in [-0.3, -0.25) is 0 Å². The van der Waals surface area contributed by atoms with E-state index in [4.69, 9.17) is 4.74 Å². The molecule has 2 nitrogen and oxygen atoms in total. The summed E-state index contributed by atoms with van der Waals surface area (Å²) in [7, 11) is 0. The van der Waals surface area contributed by atoms with Gasteiger partial charge in [0.2, 0.25) is 0 Å². The second-order valence-corrected chi connectivity index (χ2v) is 3.73. The van der Waals surface area contributed by atoms with E-state index in [1.807, 2.05) is 0 Å². The van der Waals surface area contributed by atoms with Crippen LogP contribution in [-0.2, 0) is 4.74 Å². The van der Waals surface area contributed by atoms with E-state index in [2.05, 4.69) is 0 Å². The van der Waals surface area contributed by atoms with Crippen molar-refractivity contribution in [3.05, 3.63) is 0 Å². The summed E-state index contributed by atoms with van der Waals surface area (Å²) in [6.07, 6.45) is 7.55. The highest BCUT2D eigenvalue weighted by Crippen LogP contribution is 2.29. The third kappa shape index (κ3) is 1.57. The Labute approximate surface area is 67.6 Å². The van der Waals surface area contributed by atoms with Gasteiger partial charge in [0.1, 0.15) is 0 Å². The van der Waals surface area contributed by atoms with Gasteiger partial charge in [-0.25, -0.2) is 0 Å². The first-order valence-corrected chi connectivity index (χ1v) is 4.70. The van der Waals surface area contributed by atoms with E-state index in [1.165, 1.54) is 25.7 Å².